The summed E-state index contributed by atoms with van der Waals surface area (Å²) in [4.78, 5) is -0.369. The van der Waals surface area contributed by atoms with Crippen LogP contribution >= 0.6 is 0 Å². The molecule has 0 spiro atoms. The Hall–Kier alpha value is -1.14. The molecule has 1 aliphatic rings. The zero-order chi connectivity index (χ0) is 15.0. The van der Waals surface area contributed by atoms with Gasteiger partial charge in [-0.2, -0.15) is 0 Å². The van der Waals surface area contributed by atoms with Crippen molar-refractivity contribution in [2.75, 3.05) is 12.3 Å². The van der Waals surface area contributed by atoms with Crippen LogP contribution in [0.2, 0.25) is 0 Å². The topological polar surface area (TPSA) is 72.2 Å². The van der Waals surface area contributed by atoms with E-state index < -0.39 is 15.8 Å². The largest absolute Gasteiger partial charge is 0.398 e. The molecule has 1 aliphatic carbocycles. The van der Waals surface area contributed by atoms with Gasteiger partial charge in [-0.05, 0) is 49.3 Å². The Morgan fingerprint density at radius 1 is 1.40 bits per heavy atom. The minimum absolute atomic E-state index is 0.0415. The van der Waals surface area contributed by atoms with Gasteiger partial charge in [0.05, 0.1) is 0 Å². The first kappa shape index (κ1) is 15.3. The summed E-state index contributed by atoms with van der Waals surface area (Å²) in [5.74, 6) is -0.761. The molecule has 1 fully saturated rings. The molecule has 1 aromatic rings. The Morgan fingerprint density at radius 3 is 2.55 bits per heavy atom. The highest BCUT2D eigenvalue weighted by Crippen LogP contribution is 2.43. The van der Waals surface area contributed by atoms with Crippen LogP contribution in [0.3, 0.4) is 0 Å². The number of rotatable bonds is 5. The maximum Gasteiger partial charge on any atom is 0.243 e. The van der Waals surface area contributed by atoms with Crippen LogP contribution in [0.15, 0.2) is 17.0 Å². The molecule has 0 atom stereocenters. The summed E-state index contributed by atoms with van der Waals surface area (Å²) in [6, 6.07) is 2.34. The Bertz CT molecular complexity index is 604. The fraction of sp³-hybridized carbons (Fsp3) is 0.571. The number of hydrogen-bond donors (Lipinski definition) is 2. The molecule has 0 aliphatic heterocycles. The number of aryl methyl sites for hydroxylation is 1. The molecule has 0 amide bonds. The highest BCUT2D eigenvalue weighted by Gasteiger charge is 2.36. The number of halogens is 1. The first-order chi connectivity index (χ1) is 9.30. The van der Waals surface area contributed by atoms with Crippen molar-refractivity contribution < 1.29 is 12.8 Å². The van der Waals surface area contributed by atoms with Crippen molar-refractivity contribution >= 4 is 15.7 Å². The van der Waals surface area contributed by atoms with Crippen molar-refractivity contribution in [3.63, 3.8) is 0 Å². The first-order valence-corrected chi connectivity index (χ1v) is 8.33. The first-order valence-electron chi connectivity index (χ1n) is 6.85. The third-order valence-electron chi connectivity index (χ3n) is 4.41. The summed E-state index contributed by atoms with van der Waals surface area (Å²) in [6.07, 6.45) is 4.09. The Labute approximate surface area is 119 Å². The average molecular weight is 300 g/mol. The highest BCUT2D eigenvalue weighted by molar-refractivity contribution is 7.89. The fourth-order valence-corrected chi connectivity index (χ4v) is 3.78. The second-order valence-corrected chi connectivity index (χ2v) is 7.41. The van der Waals surface area contributed by atoms with Crippen LogP contribution in [-0.2, 0) is 10.0 Å². The molecule has 6 heteroatoms. The summed E-state index contributed by atoms with van der Waals surface area (Å²) >= 11 is 0. The lowest BCUT2D eigenvalue weighted by atomic mass is 9.67. The van der Waals surface area contributed by atoms with Gasteiger partial charge in [0.15, 0.2) is 0 Å². The third kappa shape index (κ3) is 2.81. The minimum Gasteiger partial charge on any atom is -0.398 e. The van der Waals surface area contributed by atoms with Gasteiger partial charge in [-0.15, -0.1) is 0 Å². The number of sulfonamides is 1. The van der Waals surface area contributed by atoms with Crippen LogP contribution in [0.4, 0.5) is 10.1 Å². The molecule has 0 bridgehead atoms. The monoisotopic (exact) mass is 300 g/mol. The van der Waals surface area contributed by atoms with E-state index in [1.165, 1.54) is 6.07 Å². The number of nitrogens with one attached hydrogen (secondary N) is 1. The van der Waals surface area contributed by atoms with Gasteiger partial charge in [0.1, 0.15) is 10.7 Å². The lowest BCUT2D eigenvalue weighted by Crippen LogP contribution is -2.41. The Morgan fingerprint density at radius 2 is 2.05 bits per heavy atom. The van der Waals surface area contributed by atoms with E-state index in [1.807, 2.05) is 0 Å². The van der Waals surface area contributed by atoms with E-state index in [0.29, 0.717) is 12.1 Å². The molecule has 2 rings (SSSR count). The third-order valence-corrected chi connectivity index (χ3v) is 5.83. The van der Waals surface area contributed by atoms with Crippen molar-refractivity contribution in [2.24, 2.45) is 5.41 Å². The summed E-state index contributed by atoms with van der Waals surface area (Å²) in [5.41, 5.74) is 6.53. The van der Waals surface area contributed by atoms with E-state index in [9.17, 15) is 12.8 Å². The van der Waals surface area contributed by atoms with Crippen LogP contribution in [0.25, 0.3) is 0 Å². The molecule has 0 heterocycles. The molecule has 0 unspecified atom stereocenters. The molecule has 0 aromatic heterocycles. The predicted octanol–water partition coefficient (Wildman–Crippen LogP) is 2.57. The van der Waals surface area contributed by atoms with Crippen LogP contribution < -0.4 is 10.5 Å². The zero-order valence-electron chi connectivity index (χ0n) is 11.9. The lowest BCUT2D eigenvalue weighted by molar-refractivity contribution is 0.133. The van der Waals surface area contributed by atoms with Gasteiger partial charge in [-0.3, -0.25) is 0 Å². The standard InChI is InChI=1S/C14H21FN2O2S/c1-3-14(5-4-6-14)9-17-20(18,19)13-8-12(16)10(2)7-11(13)15/h7-8,17H,3-6,9,16H2,1-2H3. The maximum absolute atomic E-state index is 13.8. The van der Waals surface area contributed by atoms with Gasteiger partial charge in [-0.25, -0.2) is 17.5 Å². The lowest BCUT2D eigenvalue weighted by Gasteiger charge is -2.41. The molecule has 4 nitrogen and oxygen atoms in total. The van der Waals surface area contributed by atoms with E-state index in [4.69, 9.17) is 5.73 Å². The molecule has 3 N–H and O–H groups in total. The van der Waals surface area contributed by atoms with Gasteiger partial charge in [0.2, 0.25) is 10.0 Å². The summed E-state index contributed by atoms with van der Waals surface area (Å²) < 4.78 is 40.8. The second-order valence-electron chi connectivity index (χ2n) is 5.67. The number of anilines is 1. The SMILES string of the molecule is CCC1(CNS(=O)(=O)c2cc(N)c(C)cc2F)CCC1. The van der Waals surface area contributed by atoms with Gasteiger partial charge >= 0.3 is 0 Å². The number of nitrogens with two attached hydrogens (primary N) is 1. The predicted molar refractivity (Wildman–Crippen MR) is 77.3 cm³/mol. The molecular weight excluding hydrogens is 279 g/mol. The van der Waals surface area contributed by atoms with E-state index in [-0.39, 0.29) is 16.0 Å². The van der Waals surface area contributed by atoms with Gasteiger partial charge < -0.3 is 5.73 Å². The summed E-state index contributed by atoms with van der Waals surface area (Å²) in [5, 5.41) is 0. The van der Waals surface area contributed by atoms with Crippen molar-refractivity contribution in [3.05, 3.63) is 23.5 Å². The molecule has 0 saturated heterocycles. The van der Waals surface area contributed by atoms with E-state index >= 15 is 0 Å². The van der Waals surface area contributed by atoms with Crippen molar-refractivity contribution in [3.8, 4) is 0 Å². The molecule has 20 heavy (non-hydrogen) atoms. The zero-order valence-corrected chi connectivity index (χ0v) is 12.7. The summed E-state index contributed by atoms with van der Waals surface area (Å²) in [6.45, 7) is 4.06. The quantitative estimate of drug-likeness (QED) is 0.821. The van der Waals surface area contributed by atoms with Crippen LogP contribution in [0.5, 0.6) is 0 Å². The summed E-state index contributed by atoms with van der Waals surface area (Å²) in [7, 11) is -3.85. The number of nitrogen functional groups attached to an aromatic ring is 1. The number of benzene rings is 1. The molecule has 1 aromatic carbocycles. The highest BCUT2D eigenvalue weighted by atomic mass is 32.2. The van der Waals surface area contributed by atoms with Crippen molar-refractivity contribution in [1.29, 1.82) is 0 Å². The van der Waals surface area contributed by atoms with E-state index in [2.05, 4.69) is 11.6 Å². The Kier molecular flexibility index (Phi) is 4.07. The second kappa shape index (κ2) is 5.33. The van der Waals surface area contributed by atoms with Gasteiger partial charge in [0, 0.05) is 12.2 Å². The Balaban J connectivity index is 2.20. The molecule has 1 saturated carbocycles. The molecule has 112 valence electrons. The maximum atomic E-state index is 13.8. The van der Waals surface area contributed by atoms with Crippen LogP contribution in [0.1, 0.15) is 38.2 Å². The van der Waals surface area contributed by atoms with Crippen molar-refractivity contribution in [2.45, 2.75) is 44.4 Å². The van der Waals surface area contributed by atoms with Gasteiger partial charge in [-0.1, -0.05) is 13.3 Å². The molecular formula is C14H21FN2O2S. The molecule has 0 radical (unpaired) electrons. The van der Waals surface area contributed by atoms with Crippen LogP contribution in [-0.4, -0.2) is 15.0 Å². The van der Waals surface area contributed by atoms with Crippen LogP contribution in [0, 0.1) is 18.2 Å². The van der Waals surface area contributed by atoms with Crippen molar-refractivity contribution in [1.82, 2.24) is 4.72 Å². The van der Waals surface area contributed by atoms with E-state index in [0.717, 1.165) is 31.7 Å². The number of hydrogen-bond acceptors (Lipinski definition) is 3. The van der Waals surface area contributed by atoms with E-state index in [1.54, 1.807) is 6.92 Å². The fourth-order valence-electron chi connectivity index (χ4n) is 2.53. The normalized spacial score (nSPS) is 17.8. The minimum atomic E-state index is -3.85. The van der Waals surface area contributed by atoms with Gasteiger partial charge in [0.25, 0.3) is 0 Å². The average Bonchev–Trinajstić information content (AvgIpc) is 2.32. The smallest absolute Gasteiger partial charge is 0.243 e.